The maximum Gasteiger partial charge on any atom is 0.230 e. The number of aromatic nitrogens is 1. The molecule has 3 aromatic rings. The molecule has 1 heterocycles. The van der Waals surface area contributed by atoms with Crippen LogP contribution in [0.1, 0.15) is 37.7 Å². The first kappa shape index (κ1) is 18.1. The number of amides is 1. The van der Waals surface area contributed by atoms with Crippen LogP contribution in [0.15, 0.2) is 65.7 Å². The Balaban J connectivity index is 1.58. The first-order valence-electron chi connectivity index (χ1n) is 9.59. The Morgan fingerprint density at radius 1 is 1.04 bits per heavy atom. The normalized spacial score (nSPS) is 16.2. The summed E-state index contributed by atoms with van der Waals surface area (Å²) in [6, 6.07) is 18.1. The summed E-state index contributed by atoms with van der Waals surface area (Å²) < 4.78 is 0. The molecule has 0 bridgehead atoms. The van der Waals surface area contributed by atoms with Crippen LogP contribution in [-0.2, 0) is 11.2 Å². The maximum absolute atomic E-state index is 13.3. The number of fused-ring (bicyclic) bond motifs is 1. The van der Waals surface area contributed by atoms with Gasteiger partial charge in [0, 0.05) is 10.3 Å². The van der Waals surface area contributed by atoms with Gasteiger partial charge < -0.3 is 5.32 Å². The zero-order valence-corrected chi connectivity index (χ0v) is 16.2. The van der Waals surface area contributed by atoms with Gasteiger partial charge in [0.05, 0.1) is 22.8 Å². The Hall–Kier alpha value is -2.33. The highest BCUT2D eigenvalue weighted by Gasteiger charge is 2.39. The van der Waals surface area contributed by atoms with Crippen LogP contribution in [0.2, 0.25) is 0 Å². The molecule has 2 aromatic carbocycles. The lowest BCUT2D eigenvalue weighted by Crippen LogP contribution is -2.40. The molecule has 1 amide bonds. The molecular formula is C23H24N2OS. The third kappa shape index (κ3) is 4.01. The summed E-state index contributed by atoms with van der Waals surface area (Å²) in [4.78, 5) is 18.8. The number of nitrogens with zero attached hydrogens (tertiary/aromatic N) is 1. The van der Waals surface area contributed by atoms with Crippen molar-refractivity contribution in [3.05, 3.63) is 66.4 Å². The van der Waals surface area contributed by atoms with Crippen molar-refractivity contribution < 1.29 is 4.79 Å². The lowest BCUT2D eigenvalue weighted by molar-refractivity contribution is -0.127. The monoisotopic (exact) mass is 376 g/mol. The zero-order chi connectivity index (χ0) is 18.7. The van der Waals surface area contributed by atoms with Crippen molar-refractivity contribution in [3.8, 4) is 0 Å². The number of carbonyl (C=O) groups is 1. The van der Waals surface area contributed by atoms with Gasteiger partial charge in [-0.1, -0.05) is 49.6 Å². The van der Waals surface area contributed by atoms with Gasteiger partial charge >= 0.3 is 0 Å². The molecule has 3 nitrogen and oxygen atoms in total. The van der Waals surface area contributed by atoms with E-state index in [4.69, 9.17) is 0 Å². The van der Waals surface area contributed by atoms with E-state index in [1.54, 1.807) is 6.20 Å². The van der Waals surface area contributed by atoms with Crippen LogP contribution in [-0.4, -0.2) is 10.9 Å². The van der Waals surface area contributed by atoms with E-state index in [0.717, 1.165) is 53.6 Å². The molecule has 1 N–H and O–H groups in total. The quantitative estimate of drug-likeness (QED) is 0.577. The van der Waals surface area contributed by atoms with Crippen LogP contribution in [0.4, 0.5) is 5.69 Å². The number of pyridine rings is 1. The Labute approximate surface area is 165 Å². The predicted molar refractivity (Wildman–Crippen MR) is 113 cm³/mol. The smallest absolute Gasteiger partial charge is 0.230 e. The first-order chi connectivity index (χ1) is 13.1. The number of benzene rings is 2. The minimum Gasteiger partial charge on any atom is -0.324 e. The largest absolute Gasteiger partial charge is 0.324 e. The van der Waals surface area contributed by atoms with Crippen molar-refractivity contribution in [1.29, 1.82) is 0 Å². The topological polar surface area (TPSA) is 42.0 Å². The minimum absolute atomic E-state index is 0.120. The van der Waals surface area contributed by atoms with Gasteiger partial charge in [-0.2, -0.15) is 0 Å². The molecule has 4 rings (SSSR count). The van der Waals surface area contributed by atoms with Gasteiger partial charge in [0.15, 0.2) is 0 Å². The molecule has 0 spiro atoms. The molecule has 1 aliphatic carbocycles. The number of hydrogen-bond donors (Lipinski definition) is 2. The van der Waals surface area contributed by atoms with Crippen molar-refractivity contribution in [2.75, 3.05) is 5.32 Å². The fraction of sp³-hybridized carbons (Fsp3) is 0.304. The highest BCUT2D eigenvalue weighted by Crippen LogP contribution is 2.40. The number of anilines is 1. The van der Waals surface area contributed by atoms with Gasteiger partial charge in [-0.3, -0.25) is 9.78 Å². The second-order valence-electron chi connectivity index (χ2n) is 7.56. The molecule has 0 radical (unpaired) electrons. The molecule has 0 saturated heterocycles. The second-order valence-corrected chi connectivity index (χ2v) is 8.07. The number of hydrogen-bond acceptors (Lipinski definition) is 3. The molecule has 0 atom stereocenters. The molecule has 1 fully saturated rings. The third-order valence-electron chi connectivity index (χ3n) is 5.62. The van der Waals surface area contributed by atoms with Crippen LogP contribution in [0, 0.1) is 5.41 Å². The van der Waals surface area contributed by atoms with Gasteiger partial charge in [-0.15, -0.1) is 12.6 Å². The van der Waals surface area contributed by atoms with Gasteiger partial charge in [-0.05, 0) is 49.1 Å². The average molecular weight is 377 g/mol. The van der Waals surface area contributed by atoms with Crippen LogP contribution in [0.25, 0.3) is 10.9 Å². The fourth-order valence-electron chi connectivity index (χ4n) is 4.12. The molecule has 0 aliphatic heterocycles. The Morgan fingerprint density at radius 3 is 2.56 bits per heavy atom. The Kier molecular flexibility index (Phi) is 5.17. The molecule has 1 aliphatic rings. The van der Waals surface area contributed by atoms with Gasteiger partial charge in [0.1, 0.15) is 0 Å². The van der Waals surface area contributed by atoms with E-state index in [1.165, 1.54) is 12.0 Å². The van der Waals surface area contributed by atoms with Crippen molar-refractivity contribution in [2.45, 2.75) is 43.4 Å². The fourth-order valence-corrected chi connectivity index (χ4v) is 4.27. The second kappa shape index (κ2) is 7.73. The van der Waals surface area contributed by atoms with Crippen LogP contribution in [0.5, 0.6) is 0 Å². The van der Waals surface area contributed by atoms with Gasteiger partial charge in [0.25, 0.3) is 0 Å². The lowest BCUT2D eigenvalue weighted by Gasteiger charge is -2.36. The molecule has 27 heavy (non-hydrogen) atoms. The summed E-state index contributed by atoms with van der Waals surface area (Å²) in [5.74, 6) is 0.120. The molecule has 4 heteroatoms. The summed E-state index contributed by atoms with van der Waals surface area (Å²) in [6.45, 7) is 0. The summed E-state index contributed by atoms with van der Waals surface area (Å²) >= 11 is 4.37. The van der Waals surface area contributed by atoms with Crippen molar-refractivity contribution >= 4 is 35.1 Å². The predicted octanol–water partition coefficient (Wildman–Crippen LogP) is 5.66. The molecular weight excluding hydrogens is 352 g/mol. The van der Waals surface area contributed by atoms with E-state index in [9.17, 15) is 4.79 Å². The zero-order valence-electron chi connectivity index (χ0n) is 15.3. The maximum atomic E-state index is 13.3. The highest BCUT2D eigenvalue weighted by atomic mass is 32.1. The SMILES string of the molecule is O=C(Nc1cnc2ccccc2c1)C1(Cc2ccc(S)cc2)CCCCC1. The van der Waals surface area contributed by atoms with E-state index in [0.29, 0.717) is 0 Å². The van der Waals surface area contributed by atoms with E-state index in [2.05, 4.69) is 35.1 Å². The van der Waals surface area contributed by atoms with E-state index in [-0.39, 0.29) is 11.3 Å². The van der Waals surface area contributed by atoms with Crippen molar-refractivity contribution in [1.82, 2.24) is 4.98 Å². The average Bonchev–Trinajstić information content (AvgIpc) is 2.70. The van der Waals surface area contributed by atoms with Crippen molar-refractivity contribution in [2.24, 2.45) is 5.41 Å². The molecule has 138 valence electrons. The summed E-state index contributed by atoms with van der Waals surface area (Å²) in [6.07, 6.45) is 7.81. The minimum atomic E-state index is -0.345. The van der Waals surface area contributed by atoms with E-state index < -0.39 is 0 Å². The molecule has 1 saturated carbocycles. The standard InChI is InChI=1S/C23H24N2OS/c26-22(25-19-14-18-6-2-3-7-21(18)24-16-19)23(12-4-1-5-13-23)15-17-8-10-20(27)11-9-17/h2-3,6-11,14,16,27H,1,4-5,12-13,15H2,(H,25,26). The van der Waals surface area contributed by atoms with E-state index >= 15 is 0 Å². The Morgan fingerprint density at radius 2 is 1.78 bits per heavy atom. The first-order valence-corrected chi connectivity index (χ1v) is 10.0. The molecule has 0 unspecified atom stereocenters. The highest BCUT2D eigenvalue weighted by molar-refractivity contribution is 7.80. The summed E-state index contributed by atoms with van der Waals surface area (Å²) in [5, 5.41) is 4.20. The number of rotatable bonds is 4. The summed E-state index contributed by atoms with van der Waals surface area (Å²) in [5.41, 5.74) is 2.56. The van der Waals surface area contributed by atoms with E-state index in [1.807, 2.05) is 42.5 Å². The van der Waals surface area contributed by atoms with Crippen LogP contribution < -0.4 is 5.32 Å². The van der Waals surface area contributed by atoms with Gasteiger partial charge in [-0.25, -0.2) is 0 Å². The number of carbonyl (C=O) groups excluding carboxylic acids is 1. The van der Waals surface area contributed by atoms with Crippen LogP contribution in [0.3, 0.4) is 0 Å². The third-order valence-corrected chi connectivity index (χ3v) is 5.92. The number of para-hydroxylation sites is 1. The number of thiol groups is 1. The number of nitrogens with one attached hydrogen (secondary N) is 1. The molecule has 1 aromatic heterocycles. The van der Waals surface area contributed by atoms with Crippen molar-refractivity contribution in [3.63, 3.8) is 0 Å². The van der Waals surface area contributed by atoms with Crippen LogP contribution >= 0.6 is 12.6 Å². The Bertz CT molecular complexity index is 946. The van der Waals surface area contributed by atoms with Gasteiger partial charge in [0.2, 0.25) is 5.91 Å². The lowest BCUT2D eigenvalue weighted by atomic mass is 9.69. The summed E-state index contributed by atoms with van der Waals surface area (Å²) in [7, 11) is 0.